The van der Waals surface area contributed by atoms with Crippen LogP contribution in [-0.4, -0.2) is 65.1 Å². The minimum Gasteiger partial charge on any atom is -0.487 e. The number of rotatable bonds is 7. The van der Waals surface area contributed by atoms with Gasteiger partial charge in [-0.3, -0.25) is 4.72 Å². The molecule has 37 heavy (non-hydrogen) atoms. The summed E-state index contributed by atoms with van der Waals surface area (Å²) in [5.41, 5.74) is -0.673. The molecule has 2 aromatic carbocycles. The van der Waals surface area contributed by atoms with E-state index in [9.17, 15) is 27.5 Å². The van der Waals surface area contributed by atoms with E-state index >= 15 is 0 Å². The maximum atomic E-state index is 13.2. The number of ether oxygens (including phenoxy) is 2. The van der Waals surface area contributed by atoms with Gasteiger partial charge in [0, 0.05) is 0 Å². The lowest BCUT2D eigenvalue weighted by molar-refractivity contribution is -0.0221. The topological polar surface area (TPSA) is 140 Å². The number of carboxylic acid groups (broad SMARTS) is 1. The summed E-state index contributed by atoms with van der Waals surface area (Å²) in [5, 5.41) is 13.6. The average Bonchev–Trinajstić information content (AvgIpc) is 3.27. The predicted octanol–water partition coefficient (Wildman–Crippen LogP) is 3.51. The van der Waals surface area contributed by atoms with Crippen molar-refractivity contribution in [3.63, 3.8) is 0 Å². The molecule has 1 amide bonds. The average molecular weight is 533 g/mol. The molecule has 0 bridgehead atoms. The zero-order valence-electron chi connectivity index (χ0n) is 20.2. The first-order valence-corrected chi connectivity index (χ1v) is 12.6. The maximum Gasteiger partial charge on any atom is 0.410 e. The molecule has 2 N–H and O–H groups in total. The Bertz CT molecular complexity index is 1430. The minimum atomic E-state index is -4.20. The molecule has 0 unspecified atom stereocenters. The van der Waals surface area contributed by atoms with Crippen molar-refractivity contribution < 1.29 is 37.0 Å². The summed E-state index contributed by atoms with van der Waals surface area (Å²) < 4.78 is 53.5. The summed E-state index contributed by atoms with van der Waals surface area (Å²) in [6, 6.07) is 9.21. The number of hydrogen-bond acceptors (Lipinski definition) is 7. The Balaban J connectivity index is 1.44. The number of likely N-dealkylation sites (tertiary alicyclic amines) is 1. The molecule has 1 aromatic heterocycles. The van der Waals surface area contributed by atoms with Crippen LogP contribution in [-0.2, 0) is 14.8 Å². The van der Waals surface area contributed by atoms with Crippen molar-refractivity contribution in [1.29, 1.82) is 0 Å². The smallest absolute Gasteiger partial charge is 0.410 e. The van der Waals surface area contributed by atoms with Gasteiger partial charge in [-0.25, -0.2) is 27.1 Å². The first-order chi connectivity index (χ1) is 17.3. The van der Waals surface area contributed by atoms with Crippen molar-refractivity contribution in [2.45, 2.75) is 37.4 Å². The summed E-state index contributed by atoms with van der Waals surface area (Å²) in [6.45, 7) is 5.83. The summed E-state index contributed by atoms with van der Waals surface area (Å²) in [6.07, 6.45) is 1.48. The number of benzene rings is 2. The summed E-state index contributed by atoms with van der Waals surface area (Å²) >= 11 is 0. The Labute approximate surface area is 212 Å². The van der Waals surface area contributed by atoms with Gasteiger partial charge in [0.2, 0.25) is 0 Å². The van der Waals surface area contributed by atoms with Crippen molar-refractivity contribution in [3.05, 3.63) is 66.2 Å². The standard InChI is InChI=1S/C24H25FN4O7S/c1-24(2,3)36-23(32)28-12-18(13-28)35-17-8-9-21(20(10-17)22(30)31)27-37(33,34)19-11-26-29(14-19)16-6-4-15(25)5-7-16/h4-11,14,18,27H,12-13H2,1-3H3,(H,30,31). The normalized spacial score (nSPS) is 14.1. The van der Waals surface area contributed by atoms with Gasteiger partial charge in [0.25, 0.3) is 10.0 Å². The van der Waals surface area contributed by atoms with E-state index in [1.165, 1.54) is 58.2 Å². The van der Waals surface area contributed by atoms with Crippen LogP contribution in [0.1, 0.15) is 31.1 Å². The van der Waals surface area contributed by atoms with Gasteiger partial charge in [-0.1, -0.05) is 0 Å². The minimum absolute atomic E-state index is 0.168. The van der Waals surface area contributed by atoms with Crippen LogP contribution in [0, 0.1) is 5.82 Å². The van der Waals surface area contributed by atoms with Crippen LogP contribution in [0.15, 0.2) is 59.8 Å². The van der Waals surface area contributed by atoms with Crippen molar-refractivity contribution in [2.24, 2.45) is 0 Å². The Kier molecular flexibility index (Phi) is 6.82. The third-order valence-electron chi connectivity index (χ3n) is 5.23. The molecule has 0 saturated carbocycles. The van der Waals surface area contributed by atoms with Crippen LogP contribution in [0.2, 0.25) is 0 Å². The second-order valence-corrected chi connectivity index (χ2v) is 11.0. The number of aromatic nitrogens is 2. The molecule has 1 aliphatic heterocycles. The SMILES string of the molecule is CC(C)(C)OC(=O)N1CC(Oc2ccc(NS(=O)(=O)c3cnn(-c4ccc(F)cc4)c3)c(C(=O)O)c2)C1. The van der Waals surface area contributed by atoms with Crippen molar-refractivity contribution in [3.8, 4) is 11.4 Å². The van der Waals surface area contributed by atoms with Crippen LogP contribution in [0.4, 0.5) is 14.9 Å². The Morgan fingerprint density at radius 1 is 1.14 bits per heavy atom. The number of hydrogen-bond donors (Lipinski definition) is 2. The monoisotopic (exact) mass is 532 g/mol. The molecule has 11 nitrogen and oxygen atoms in total. The number of carbonyl (C=O) groups is 2. The van der Waals surface area contributed by atoms with Gasteiger partial charge < -0.3 is 19.5 Å². The molecule has 2 heterocycles. The molecular weight excluding hydrogens is 507 g/mol. The number of amides is 1. The van der Waals surface area contributed by atoms with E-state index in [1.807, 2.05) is 0 Å². The number of nitrogens with one attached hydrogen (secondary N) is 1. The molecule has 13 heteroatoms. The molecule has 3 aromatic rings. The number of carbonyl (C=O) groups excluding carboxylic acids is 1. The molecule has 0 spiro atoms. The lowest BCUT2D eigenvalue weighted by atomic mass is 10.1. The highest BCUT2D eigenvalue weighted by Gasteiger charge is 2.35. The number of halogens is 1. The van der Waals surface area contributed by atoms with Crippen molar-refractivity contribution in [2.75, 3.05) is 17.8 Å². The molecule has 0 radical (unpaired) electrons. The highest BCUT2D eigenvalue weighted by molar-refractivity contribution is 7.92. The van der Waals surface area contributed by atoms with E-state index in [0.717, 1.165) is 6.20 Å². The third-order valence-corrected chi connectivity index (χ3v) is 6.55. The molecule has 4 rings (SSSR count). The van der Waals surface area contributed by atoms with Crippen LogP contribution in [0.3, 0.4) is 0 Å². The fourth-order valence-corrected chi connectivity index (χ4v) is 4.44. The van der Waals surface area contributed by atoms with Gasteiger partial charge >= 0.3 is 12.1 Å². The third kappa shape index (κ3) is 6.17. The maximum absolute atomic E-state index is 13.2. The number of aromatic carboxylic acids is 1. The fourth-order valence-electron chi connectivity index (χ4n) is 3.43. The van der Waals surface area contributed by atoms with Gasteiger partial charge in [-0.05, 0) is 63.2 Å². The van der Waals surface area contributed by atoms with Gasteiger partial charge in [0.05, 0.1) is 42.4 Å². The number of nitrogens with zero attached hydrogens (tertiary/aromatic N) is 3. The zero-order valence-corrected chi connectivity index (χ0v) is 21.0. The number of carboxylic acids is 1. The lowest BCUT2D eigenvalue weighted by Gasteiger charge is -2.39. The van der Waals surface area contributed by atoms with Crippen molar-refractivity contribution >= 4 is 27.8 Å². The van der Waals surface area contributed by atoms with Crippen LogP contribution in [0.25, 0.3) is 5.69 Å². The summed E-state index contributed by atoms with van der Waals surface area (Å²) in [4.78, 5) is 25.1. The number of sulfonamides is 1. The summed E-state index contributed by atoms with van der Waals surface area (Å²) in [7, 11) is -4.20. The Hall–Kier alpha value is -4.13. The van der Waals surface area contributed by atoms with Gasteiger partial charge in [-0.15, -0.1) is 0 Å². The van der Waals surface area contributed by atoms with E-state index in [4.69, 9.17) is 9.47 Å². The Morgan fingerprint density at radius 2 is 1.81 bits per heavy atom. The molecule has 0 aliphatic carbocycles. The van der Waals surface area contributed by atoms with Crippen LogP contribution < -0.4 is 9.46 Å². The van der Waals surface area contributed by atoms with Gasteiger partial charge in [0.1, 0.15) is 28.2 Å². The largest absolute Gasteiger partial charge is 0.487 e. The highest BCUT2D eigenvalue weighted by atomic mass is 32.2. The number of anilines is 1. The van der Waals surface area contributed by atoms with Crippen molar-refractivity contribution in [1.82, 2.24) is 14.7 Å². The van der Waals surface area contributed by atoms with Gasteiger partial charge in [0.15, 0.2) is 0 Å². The van der Waals surface area contributed by atoms with E-state index in [-0.39, 0.29) is 41.1 Å². The fraction of sp³-hybridized carbons (Fsp3) is 0.292. The quantitative estimate of drug-likeness (QED) is 0.471. The molecular formula is C24H25FN4O7S. The predicted molar refractivity (Wildman–Crippen MR) is 130 cm³/mol. The zero-order chi connectivity index (χ0) is 27.0. The molecule has 1 saturated heterocycles. The first kappa shape index (κ1) is 25.9. The summed E-state index contributed by atoms with van der Waals surface area (Å²) in [5.74, 6) is -1.61. The second-order valence-electron chi connectivity index (χ2n) is 9.34. The molecule has 0 atom stereocenters. The molecule has 1 aliphatic rings. The van der Waals surface area contributed by atoms with E-state index in [2.05, 4.69) is 9.82 Å². The van der Waals surface area contributed by atoms with E-state index < -0.39 is 33.5 Å². The van der Waals surface area contributed by atoms with E-state index in [0.29, 0.717) is 5.69 Å². The molecule has 196 valence electrons. The Morgan fingerprint density at radius 3 is 2.43 bits per heavy atom. The van der Waals surface area contributed by atoms with Crippen LogP contribution in [0.5, 0.6) is 5.75 Å². The first-order valence-electron chi connectivity index (χ1n) is 11.2. The van der Waals surface area contributed by atoms with Crippen LogP contribution >= 0.6 is 0 Å². The van der Waals surface area contributed by atoms with E-state index in [1.54, 1.807) is 20.8 Å². The highest BCUT2D eigenvalue weighted by Crippen LogP contribution is 2.27. The molecule has 1 fully saturated rings. The lowest BCUT2D eigenvalue weighted by Crippen LogP contribution is -2.57. The second kappa shape index (κ2) is 9.73. The van der Waals surface area contributed by atoms with Gasteiger partial charge in [-0.2, -0.15) is 5.10 Å².